The number of hydrogen-bond donors (Lipinski definition) is 0. The fourth-order valence-corrected chi connectivity index (χ4v) is 3.26. The molecular formula is C15H21ClN2OS. The molecular weight excluding hydrogens is 292 g/mol. The fraction of sp³-hybridized carbons (Fsp3) is 0.533. The van der Waals surface area contributed by atoms with Gasteiger partial charge in [-0.05, 0) is 24.8 Å². The Labute approximate surface area is 129 Å². The van der Waals surface area contributed by atoms with Crippen LogP contribution >= 0.6 is 23.4 Å². The van der Waals surface area contributed by atoms with Crippen molar-refractivity contribution in [2.75, 3.05) is 24.5 Å². The number of aromatic nitrogens is 2. The molecule has 0 spiro atoms. The van der Waals surface area contributed by atoms with Crippen molar-refractivity contribution in [2.24, 2.45) is 0 Å². The number of halogens is 1. The fourth-order valence-electron chi connectivity index (χ4n) is 2.37. The number of alkyl halides is 1. The molecule has 1 atom stereocenters. The van der Waals surface area contributed by atoms with Gasteiger partial charge < -0.3 is 9.30 Å². The third kappa shape index (κ3) is 3.23. The molecule has 0 N–H and O–H groups in total. The lowest BCUT2D eigenvalue weighted by Gasteiger charge is -2.17. The molecule has 2 rings (SSSR count). The van der Waals surface area contributed by atoms with Crippen molar-refractivity contribution >= 4 is 34.4 Å². The summed E-state index contributed by atoms with van der Waals surface area (Å²) in [6, 6.07) is 6.43. The number of thioether (sulfide) groups is 1. The summed E-state index contributed by atoms with van der Waals surface area (Å²) in [6.07, 6.45) is 0.791. The van der Waals surface area contributed by atoms with Crippen LogP contribution in [0, 0.1) is 0 Å². The van der Waals surface area contributed by atoms with Gasteiger partial charge in [0.05, 0.1) is 18.1 Å². The molecule has 0 amide bonds. The summed E-state index contributed by atoms with van der Waals surface area (Å²) >= 11 is 7.87. The van der Waals surface area contributed by atoms with Gasteiger partial charge in [-0.25, -0.2) is 4.98 Å². The molecule has 0 aliphatic carbocycles. The van der Waals surface area contributed by atoms with Crippen LogP contribution in [0.2, 0.25) is 0 Å². The minimum absolute atomic E-state index is 0.398. The zero-order chi connectivity index (χ0) is 14.5. The molecule has 1 aromatic heterocycles. The number of imidazole rings is 1. The van der Waals surface area contributed by atoms with E-state index in [9.17, 15) is 0 Å². The van der Waals surface area contributed by atoms with Gasteiger partial charge in [-0.3, -0.25) is 0 Å². The van der Waals surface area contributed by atoms with E-state index < -0.39 is 0 Å². The smallest absolute Gasteiger partial charge is 0.121 e. The van der Waals surface area contributed by atoms with Gasteiger partial charge in [0.1, 0.15) is 11.6 Å². The van der Waals surface area contributed by atoms with Crippen LogP contribution in [0.4, 0.5) is 0 Å². The lowest BCUT2D eigenvalue weighted by Crippen LogP contribution is -2.12. The second kappa shape index (κ2) is 7.23. The van der Waals surface area contributed by atoms with Crippen molar-refractivity contribution in [1.29, 1.82) is 0 Å². The summed E-state index contributed by atoms with van der Waals surface area (Å²) in [5, 5.41) is 0. The molecule has 0 saturated carbocycles. The van der Waals surface area contributed by atoms with Crippen LogP contribution < -0.4 is 4.74 Å². The molecule has 20 heavy (non-hydrogen) atoms. The second-order valence-corrected chi connectivity index (χ2v) is 6.40. The summed E-state index contributed by atoms with van der Waals surface area (Å²) < 4.78 is 7.64. The number of ether oxygens (including phenoxy) is 1. The topological polar surface area (TPSA) is 27.1 Å². The highest BCUT2D eigenvalue weighted by Gasteiger charge is 2.16. The van der Waals surface area contributed by atoms with E-state index in [2.05, 4.69) is 24.5 Å². The largest absolute Gasteiger partial charge is 0.497 e. The standard InChI is InChI=1S/C15H21ClN2OS/c1-4-20-10-11(2)18-14-9-12(19-3)5-6-13(14)17-15(18)7-8-16/h5-6,9,11H,4,7-8,10H2,1-3H3. The zero-order valence-electron chi connectivity index (χ0n) is 12.2. The Morgan fingerprint density at radius 1 is 1.45 bits per heavy atom. The summed E-state index contributed by atoms with van der Waals surface area (Å²) in [5.41, 5.74) is 2.15. The normalized spacial score (nSPS) is 12.8. The molecule has 1 heterocycles. The Morgan fingerprint density at radius 3 is 2.90 bits per heavy atom. The molecule has 2 aromatic rings. The number of methoxy groups -OCH3 is 1. The van der Waals surface area contributed by atoms with E-state index in [1.54, 1.807) is 7.11 Å². The summed E-state index contributed by atoms with van der Waals surface area (Å²) in [5.74, 6) is 4.73. The quantitative estimate of drug-likeness (QED) is 0.719. The van der Waals surface area contributed by atoms with Gasteiger partial charge in [-0.1, -0.05) is 6.92 Å². The van der Waals surface area contributed by atoms with Crippen LogP contribution in [0.5, 0.6) is 5.75 Å². The van der Waals surface area contributed by atoms with Gasteiger partial charge in [0.15, 0.2) is 0 Å². The van der Waals surface area contributed by atoms with E-state index in [0.29, 0.717) is 11.9 Å². The van der Waals surface area contributed by atoms with E-state index in [0.717, 1.165) is 40.5 Å². The lowest BCUT2D eigenvalue weighted by molar-refractivity contribution is 0.415. The number of nitrogens with zero attached hydrogens (tertiary/aromatic N) is 2. The predicted octanol–water partition coefficient (Wildman–Crippen LogP) is 4.14. The van der Waals surface area contributed by atoms with Crippen molar-refractivity contribution in [1.82, 2.24) is 9.55 Å². The number of benzene rings is 1. The highest BCUT2D eigenvalue weighted by Crippen LogP contribution is 2.27. The van der Waals surface area contributed by atoms with Crippen LogP contribution in [-0.4, -0.2) is 34.0 Å². The first-order valence-corrected chi connectivity index (χ1v) is 8.58. The maximum Gasteiger partial charge on any atom is 0.121 e. The SMILES string of the molecule is CCSCC(C)n1c(CCCl)nc2ccc(OC)cc21. The first kappa shape index (κ1) is 15.5. The molecule has 0 aliphatic heterocycles. The highest BCUT2D eigenvalue weighted by atomic mass is 35.5. The first-order chi connectivity index (χ1) is 9.71. The Hall–Kier alpha value is -0.870. The van der Waals surface area contributed by atoms with Gasteiger partial charge in [0, 0.05) is 30.2 Å². The van der Waals surface area contributed by atoms with Gasteiger partial charge in [0.25, 0.3) is 0 Å². The molecule has 1 aromatic carbocycles. The molecule has 1 unspecified atom stereocenters. The van der Waals surface area contributed by atoms with Crippen molar-refractivity contribution in [3.8, 4) is 5.75 Å². The van der Waals surface area contributed by atoms with Crippen molar-refractivity contribution in [3.63, 3.8) is 0 Å². The van der Waals surface area contributed by atoms with Crippen LogP contribution in [0.3, 0.4) is 0 Å². The minimum atomic E-state index is 0.398. The molecule has 0 bridgehead atoms. The van der Waals surface area contributed by atoms with Gasteiger partial charge in [-0.2, -0.15) is 11.8 Å². The molecule has 110 valence electrons. The molecule has 0 saturated heterocycles. The molecule has 0 aliphatic rings. The minimum Gasteiger partial charge on any atom is -0.497 e. The molecule has 0 fully saturated rings. The van der Waals surface area contributed by atoms with Gasteiger partial charge in [-0.15, -0.1) is 11.6 Å². The molecule has 5 heteroatoms. The third-order valence-electron chi connectivity index (χ3n) is 3.29. The highest BCUT2D eigenvalue weighted by molar-refractivity contribution is 7.99. The average molecular weight is 313 g/mol. The van der Waals surface area contributed by atoms with E-state index >= 15 is 0 Å². The van der Waals surface area contributed by atoms with Gasteiger partial charge >= 0.3 is 0 Å². The number of aryl methyl sites for hydroxylation is 1. The zero-order valence-corrected chi connectivity index (χ0v) is 13.8. The van der Waals surface area contributed by atoms with E-state index in [4.69, 9.17) is 21.3 Å². The van der Waals surface area contributed by atoms with Crippen LogP contribution in [-0.2, 0) is 6.42 Å². The number of rotatable bonds is 7. The van der Waals surface area contributed by atoms with Crippen molar-refractivity contribution < 1.29 is 4.74 Å². The third-order valence-corrected chi connectivity index (χ3v) is 4.61. The second-order valence-electron chi connectivity index (χ2n) is 4.70. The van der Waals surface area contributed by atoms with E-state index in [-0.39, 0.29) is 0 Å². The van der Waals surface area contributed by atoms with Crippen molar-refractivity contribution in [3.05, 3.63) is 24.0 Å². The Kier molecular flexibility index (Phi) is 5.61. The molecule has 3 nitrogen and oxygen atoms in total. The Morgan fingerprint density at radius 2 is 2.25 bits per heavy atom. The van der Waals surface area contributed by atoms with Crippen LogP contribution in [0.25, 0.3) is 11.0 Å². The first-order valence-electron chi connectivity index (χ1n) is 6.89. The average Bonchev–Trinajstić information content (AvgIpc) is 2.82. The summed E-state index contributed by atoms with van der Waals surface area (Å²) in [4.78, 5) is 4.72. The van der Waals surface area contributed by atoms with Gasteiger partial charge in [0.2, 0.25) is 0 Å². The molecule has 0 radical (unpaired) electrons. The Balaban J connectivity index is 2.47. The summed E-state index contributed by atoms with van der Waals surface area (Å²) in [6.45, 7) is 4.42. The van der Waals surface area contributed by atoms with Crippen molar-refractivity contribution in [2.45, 2.75) is 26.3 Å². The summed E-state index contributed by atoms with van der Waals surface area (Å²) in [7, 11) is 1.69. The maximum atomic E-state index is 5.92. The number of fused-ring (bicyclic) bond motifs is 1. The van der Waals surface area contributed by atoms with Crippen LogP contribution in [0.15, 0.2) is 18.2 Å². The Bertz CT molecular complexity index is 570. The predicted molar refractivity (Wildman–Crippen MR) is 88.4 cm³/mol. The van der Waals surface area contributed by atoms with Crippen LogP contribution in [0.1, 0.15) is 25.7 Å². The van der Waals surface area contributed by atoms with E-state index in [1.165, 1.54) is 0 Å². The van der Waals surface area contributed by atoms with E-state index in [1.807, 2.05) is 23.9 Å². The maximum absolute atomic E-state index is 5.92. The lowest BCUT2D eigenvalue weighted by atomic mass is 10.2. The number of hydrogen-bond acceptors (Lipinski definition) is 3. The monoisotopic (exact) mass is 312 g/mol.